The van der Waals surface area contributed by atoms with Gasteiger partial charge < -0.3 is 9.94 Å². The second kappa shape index (κ2) is 5.15. The van der Waals surface area contributed by atoms with E-state index in [0.717, 1.165) is 34.4 Å². The van der Waals surface area contributed by atoms with Crippen LogP contribution in [0.2, 0.25) is 10.0 Å². The summed E-state index contributed by atoms with van der Waals surface area (Å²) in [7, 11) is 0. The predicted octanol–water partition coefficient (Wildman–Crippen LogP) is 5.06. The Labute approximate surface area is 159 Å². The van der Waals surface area contributed by atoms with Crippen molar-refractivity contribution in [1.29, 1.82) is 0 Å². The molecule has 0 spiro atoms. The number of hydrogen-bond donors (Lipinski definition) is 1. The second-order valence-corrected chi connectivity index (χ2v) is 9.57. The van der Waals surface area contributed by atoms with Crippen molar-refractivity contribution in [1.82, 2.24) is 0 Å². The summed E-state index contributed by atoms with van der Waals surface area (Å²) in [5.41, 5.74) is 4.14. The molecule has 1 heterocycles. The minimum atomic E-state index is -0.476. The van der Waals surface area contributed by atoms with Crippen LogP contribution in [0, 0.1) is 43.9 Å². The van der Waals surface area contributed by atoms with Crippen molar-refractivity contribution < 1.29 is 9.94 Å². The van der Waals surface area contributed by atoms with Crippen molar-refractivity contribution in [2.45, 2.75) is 59.7 Å². The molecule has 5 atom stereocenters. The Morgan fingerprint density at radius 3 is 2.12 bits per heavy atom. The summed E-state index contributed by atoms with van der Waals surface area (Å²) >= 11 is 13.0. The Bertz CT molecular complexity index is 787. The summed E-state index contributed by atoms with van der Waals surface area (Å²) in [6.07, 6.45) is 0.529. The first kappa shape index (κ1) is 17.6. The minimum Gasteiger partial charge on any atom is -0.392 e. The lowest BCUT2D eigenvalue weighted by Gasteiger charge is -2.65. The van der Waals surface area contributed by atoms with E-state index in [0.29, 0.717) is 16.0 Å². The predicted molar refractivity (Wildman–Crippen MR) is 102 cm³/mol. The van der Waals surface area contributed by atoms with E-state index >= 15 is 0 Å². The molecule has 3 aliphatic carbocycles. The van der Waals surface area contributed by atoms with Gasteiger partial charge in [-0.25, -0.2) is 0 Å². The van der Waals surface area contributed by atoms with Gasteiger partial charge in [-0.1, -0.05) is 42.2 Å². The molecule has 1 aromatic rings. The van der Waals surface area contributed by atoms with Gasteiger partial charge in [0, 0.05) is 21.5 Å². The fraction of sp³-hybridized carbons (Fsp3) is 0.650. The first-order valence-corrected chi connectivity index (χ1v) is 9.68. The Hall–Kier alpha value is -0.770. The van der Waals surface area contributed by atoms with Crippen molar-refractivity contribution in [2.24, 2.45) is 28.3 Å². The number of nitrogens with zero attached hydrogens (tertiary/aromatic N) is 1. The normalized spacial score (nSPS) is 37.9. The molecule has 0 aromatic heterocycles. The number of halogens is 2. The smallest absolute Gasteiger partial charge is 0.149 e. The number of hydrogen-bond acceptors (Lipinski definition) is 3. The van der Waals surface area contributed by atoms with E-state index in [1.165, 1.54) is 0 Å². The SMILES string of the molecule is Cc1c(Cl)c(C)c(C2=NO[C@]3(C)[C@@H]4C[C@H]([C@@H](O)[C@H]23)C4(C)C)c(C)c1Cl. The molecule has 1 aromatic carbocycles. The van der Waals surface area contributed by atoms with Gasteiger partial charge in [-0.15, -0.1) is 0 Å². The van der Waals surface area contributed by atoms with Gasteiger partial charge in [0.2, 0.25) is 0 Å². The average Bonchev–Trinajstić information content (AvgIpc) is 2.89. The lowest BCUT2D eigenvalue weighted by atomic mass is 9.40. The lowest BCUT2D eigenvalue weighted by molar-refractivity contribution is -0.262. The quantitative estimate of drug-likeness (QED) is 0.737. The van der Waals surface area contributed by atoms with Gasteiger partial charge in [0.05, 0.1) is 17.7 Å². The fourth-order valence-corrected chi connectivity index (χ4v) is 6.23. The zero-order chi connectivity index (χ0) is 18.5. The summed E-state index contributed by atoms with van der Waals surface area (Å²) < 4.78 is 0. The Kier molecular flexibility index (Phi) is 3.63. The van der Waals surface area contributed by atoms with Crippen LogP contribution in [0.15, 0.2) is 5.16 Å². The van der Waals surface area contributed by atoms with Crippen LogP contribution in [0.3, 0.4) is 0 Å². The summed E-state index contributed by atoms with van der Waals surface area (Å²) in [5.74, 6) is 0.521. The molecule has 5 rings (SSSR count). The molecule has 1 N–H and O–H groups in total. The van der Waals surface area contributed by atoms with E-state index in [4.69, 9.17) is 28.0 Å². The van der Waals surface area contributed by atoms with Crippen LogP contribution in [0.1, 0.15) is 49.4 Å². The van der Waals surface area contributed by atoms with Crippen molar-refractivity contribution in [3.63, 3.8) is 0 Å². The van der Waals surface area contributed by atoms with E-state index in [2.05, 4.69) is 25.9 Å². The maximum Gasteiger partial charge on any atom is 0.149 e. The van der Waals surface area contributed by atoms with Crippen molar-refractivity contribution in [2.75, 3.05) is 0 Å². The molecule has 0 amide bonds. The summed E-state index contributed by atoms with van der Waals surface area (Å²) in [6, 6.07) is 0. The Balaban J connectivity index is 1.86. The standard InChI is InChI=1S/C20H25Cl2NO2/c1-8-13(9(2)16(22)10(3)15(8)21)17-14-18(24)11-7-12(19(11,4)5)20(14,6)25-23-17/h11-12,14,18,24H,7H2,1-6H3/t11-,12-,14+,18-,20-/m1/s1. The molecule has 0 radical (unpaired) electrons. The molecule has 3 nitrogen and oxygen atoms in total. The van der Waals surface area contributed by atoms with E-state index in [-0.39, 0.29) is 17.3 Å². The number of oxime groups is 1. The molecule has 5 heteroatoms. The summed E-state index contributed by atoms with van der Waals surface area (Å²) in [5, 5.41) is 17.0. The zero-order valence-electron chi connectivity index (χ0n) is 15.6. The topological polar surface area (TPSA) is 41.8 Å². The first-order chi connectivity index (χ1) is 11.5. The highest BCUT2D eigenvalue weighted by Crippen LogP contribution is 2.67. The summed E-state index contributed by atoms with van der Waals surface area (Å²) in [4.78, 5) is 6.03. The van der Waals surface area contributed by atoms with Crippen LogP contribution in [0.5, 0.6) is 0 Å². The molecule has 1 aliphatic heterocycles. The third kappa shape index (κ3) is 1.95. The van der Waals surface area contributed by atoms with Gasteiger partial charge in [-0.2, -0.15) is 0 Å². The molecule has 4 aliphatic rings. The van der Waals surface area contributed by atoms with Crippen LogP contribution in [-0.2, 0) is 4.84 Å². The molecule has 2 bridgehead atoms. The van der Waals surface area contributed by atoms with Crippen LogP contribution in [0.4, 0.5) is 0 Å². The van der Waals surface area contributed by atoms with Crippen molar-refractivity contribution in [3.8, 4) is 0 Å². The largest absolute Gasteiger partial charge is 0.392 e. The highest BCUT2D eigenvalue weighted by molar-refractivity contribution is 6.38. The number of aliphatic hydroxyl groups is 1. The van der Waals surface area contributed by atoms with Gasteiger partial charge >= 0.3 is 0 Å². The Morgan fingerprint density at radius 1 is 1.04 bits per heavy atom. The van der Waals surface area contributed by atoms with E-state index in [1.54, 1.807) is 0 Å². The zero-order valence-corrected chi connectivity index (χ0v) is 17.1. The fourth-order valence-electron chi connectivity index (χ4n) is 5.80. The number of aliphatic hydroxyl groups excluding tert-OH is 1. The monoisotopic (exact) mass is 381 g/mol. The molecule has 3 saturated carbocycles. The maximum absolute atomic E-state index is 11.2. The minimum absolute atomic E-state index is 0.0717. The van der Waals surface area contributed by atoms with Crippen LogP contribution in [-0.4, -0.2) is 22.5 Å². The van der Waals surface area contributed by atoms with Crippen molar-refractivity contribution in [3.05, 3.63) is 32.3 Å². The number of rotatable bonds is 1. The Morgan fingerprint density at radius 2 is 1.60 bits per heavy atom. The highest BCUT2D eigenvalue weighted by atomic mass is 35.5. The highest BCUT2D eigenvalue weighted by Gasteiger charge is 2.71. The maximum atomic E-state index is 11.2. The van der Waals surface area contributed by atoms with E-state index < -0.39 is 11.7 Å². The third-order valence-corrected chi connectivity index (χ3v) is 8.50. The average molecular weight is 382 g/mol. The van der Waals surface area contributed by atoms with Crippen LogP contribution in [0.25, 0.3) is 0 Å². The molecular weight excluding hydrogens is 357 g/mol. The van der Waals surface area contributed by atoms with Gasteiger partial charge in [-0.05, 0) is 62.1 Å². The third-order valence-electron chi connectivity index (χ3n) is 7.36. The van der Waals surface area contributed by atoms with Gasteiger partial charge in [-0.3, -0.25) is 0 Å². The lowest BCUT2D eigenvalue weighted by Crippen LogP contribution is -2.70. The van der Waals surface area contributed by atoms with Gasteiger partial charge in [0.25, 0.3) is 0 Å². The van der Waals surface area contributed by atoms with Gasteiger partial charge in [0.1, 0.15) is 5.60 Å². The molecule has 0 saturated heterocycles. The molecule has 0 unspecified atom stereocenters. The molecule has 25 heavy (non-hydrogen) atoms. The van der Waals surface area contributed by atoms with Crippen molar-refractivity contribution >= 4 is 28.9 Å². The summed E-state index contributed by atoms with van der Waals surface area (Å²) in [6.45, 7) is 12.5. The van der Waals surface area contributed by atoms with Gasteiger partial charge in [0.15, 0.2) is 0 Å². The molecule has 136 valence electrons. The molecular formula is C20H25Cl2NO2. The first-order valence-electron chi connectivity index (χ1n) is 8.92. The van der Waals surface area contributed by atoms with E-state index in [9.17, 15) is 5.11 Å². The van der Waals surface area contributed by atoms with Crippen LogP contribution >= 0.6 is 23.2 Å². The molecule has 3 fully saturated rings. The second-order valence-electron chi connectivity index (χ2n) is 8.81. The number of benzene rings is 1. The van der Waals surface area contributed by atoms with Crippen LogP contribution < -0.4 is 0 Å². The van der Waals surface area contributed by atoms with E-state index in [1.807, 2.05) is 20.8 Å².